The van der Waals surface area contributed by atoms with Gasteiger partial charge < -0.3 is 10.4 Å². The van der Waals surface area contributed by atoms with Crippen LogP contribution in [0, 0.1) is 5.82 Å². The van der Waals surface area contributed by atoms with Gasteiger partial charge in [0.2, 0.25) is 0 Å². The molecule has 0 spiro atoms. The third-order valence-corrected chi connectivity index (χ3v) is 2.67. The molecule has 4 heteroatoms. The minimum atomic E-state index is -0.254. The molecule has 0 heterocycles. The largest absolute Gasteiger partial charge is 0.395 e. The van der Waals surface area contributed by atoms with Gasteiger partial charge in [0.15, 0.2) is 0 Å². The summed E-state index contributed by atoms with van der Waals surface area (Å²) in [6, 6.07) is 4.62. The van der Waals surface area contributed by atoms with Gasteiger partial charge in [-0.05, 0) is 24.6 Å². The molecule has 1 aromatic rings. The number of hydrogen-bond acceptors (Lipinski definition) is 2. The average Bonchev–Trinajstić information content (AvgIpc) is 2.16. The van der Waals surface area contributed by atoms with Crippen LogP contribution in [0.5, 0.6) is 0 Å². The molecule has 1 atom stereocenters. The van der Waals surface area contributed by atoms with E-state index in [1.54, 1.807) is 6.07 Å². The highest BCUT2D eigenvalue weighted by Crippen LogP contribution is 2.17. The van der Waals surface area contributed by atoms with Crippen LogP contribution in [0.15, 0.2) is 22.7 Å². The maximum Gasteiger partial charge on any atom is 0.124 e. The van der Waals surface area contributed by atoms with E-state index >= 15 is 0 Å². The Morgan fingerprint density at radius 1 is 1.57 bits per heavy atom. The van der Waals surface area contributed by atoms with Crippen molar-refractivity contribution in [1.29, 1.82) is 0 Å². The molecule has 1 unspecified atom stereocenters. The lowest BCUT2D eigenvalue weighted by Gasteiger charge is -2.11. The Morgan fingerprint density at radius 2 is 2.29 bits per heavy atom. The Balaban J connectivity index is 2.59. The molecule has 78 valence electrons. The highest BCUT2D eigenvalue weighted by Gasteiger charge is 2.03. The summed E-state index contributed by atoms with van der Waals surface area (Å²) < 4.78 is 13.5. The standard InChI is InChI=1S/C10H13BrFNO/c1-7(6-14)13-5-8-2-3-9(12)4-10(8)11/h2-4,7,13-14H,5-6H2,1H3. The van der Waals surface area contributed by atoms with E-state index in [2.05, 4.69) is 21.2 Å². The summed E-state index contributed by atoms with van der Waals surface area (Å²) in [5.41, 5.74) is 0.978. The van der Waals surface area contributed by atoms with Crippen LogP contribution in [0.25, 0.3) is 0 Å². The van der Waals surface area contributed by atoms with Crippen LogP contribution in [0.3, 0.4) is 0 Å². The van der Waals surface area contributed by atoms with Crippen molar-refractivity contribution >= 4 is 15.9 Å². The Morgan fingerprint density at radius 3 is 2.86 bits per heavy atom. The lowest BCUT2D eigenvalue weighted by molar-refractivity contribution is 0.251. The first-order chi connectivity index (χ1) is 6.63. The molecule has 1 rings (SSSR count). The molecule has 1 aromatic carbocycles. The molecule has 2 nitrogen and oxygen atoms in total. The van der Waals surface area contributed by atoms with Crippen LogP contribution in [0.1, 0.15) is 12.5 Å². The van der Waals surface area contributed by atoms with Gasteiger partial charge in [0.25, 0.3) is 0 Å². The van der Waals surface area contributed by atoms with Crippen molar-refractivity contribution in [3.63, 3.8) is 0 Å². The van der Waals surface area contributed by atoms with Crippen molar-refractivity contribution in [3.8, 4) is 0 Å². The minimum Gasteiger partial charge on any atom is -0.395 e. The van der Waals surface area contributed by atoms with Crippen LogP contribution in [-0.4, -0.2) is 17.8 Å². The zero-order chi connectivity index (χ0) is 10.6. The Hall–Kier alpha value is -0.450. The van der Waals surface area contributed by atoms with Gasteiger partial charge in [-0.25, -0.2) is 4.39 Å². The molecule has 0 bridgehead atoms. The lowest BCUT2D eigenvalue weighted by atomic mass is 10.2. The molecule has 0 amide bonds. The van der Waals surface area contributed by atoms with Gasteiger partial charge in [0, 0.05) is 17.1 Å². The van der Waals surface area contributed by atoms with Crippen LogP contribution < -0.4 is 5.32 Å². The van der Waals surface area contributed by atoms with Gasteiger partial charge in [-0.1, -0.05) is 22.0 Å². The predicted molar refractivity (Wildman–Crippen MR) is 57.5 cm³/mol. The zero-order valence-electron chi connectivity index (χ0n) is 7.93. The normalized spacial score (nSPS) is 12.9. The predicted octanol–water partition coefficient (Wildman–Crippen LogP) is 2.06. The number of benzene rings is 1. The van der Waals surface area contributed by atoms with E-state index in [0.29, 0.717) is 6.54 Å². The van der Waals surface area contributed by atoms with Gasteiger partial charge in [-0.3, -0.25) is 0 Å². The Kier molecular flexibility index (Phi) is 4.51. The fourth-order valence-corrected chi connectivity index (χ4v) is 1.50. The fraction of sp³-hybridized carbons (Fsp3) is 0.400. The molecule has 2 N–H and O–H groups in total. The molecule has 14 heavy (non-hydrogen) atoms. The second-order valence-corrected chi connectivity index (χ2v) is 4.05. The second kappa shape index (κ2) is 5.44. The molecule has 0 aromatic heterocycles. The summed E-state index contributed by atoms with van der Waals surface area (Å²) in [5.74, 6) is -0.254. The van der Waals surface area contributed by atoms with Crippen LogP contribution >= 0.6 is 15.9 Å². The molecule has 0 aliphatic rings. The van der Waals surface area contributed by atoms with E-state index in [-0.39, 0.29) is 18.5 Å². The zero-order valence-corrected chi connectivity index (χ0v) is 9.51. The SMILES string of the molecule is CC(CO)NCc1ccc(F)cc1Br. The summed E-state index contributed by atoms with van der Waals surface area (Å²) in [6.45, 7) is 2.60. The number of halogens is 2. The number of rotatable bonds is 4. The summed E-state index contributed by atoms with van der Waals surface area (Å²) in [6.07, 6.45) is 0. The Bertz CT molecular complexity index is 306. The van der Waals surface area contributed by atoms with Gasteiger partial charge in [0.05, 0.1) is 6.61 Å². The smallest absolute Gasteiger partial charge is 0.124 e. The van der Waals surface area contributed by atoms with E-state index < -0.39 is 0 Å². The van der Waals surface area contributed by atoms with E-state index in [1.807, 2.05) is 6.92 Å². The van der Waals surface area contributed by atoms with Crippen LogP contribution in [0.4, 0.5) is 4.39 Å². The van der Waals surface area contributed by atoms with Crippen molar-refractivity contribution in [2.75, 3.05) is 6.61 Å². The van der Waals surface area contributed by atoms with Gasteiger partial charge >= 0.3 is 0 Å². The summed E-state index contributed by atoms with van der Waals surface area (Å²) >= 11 is 3.28. The van der Waals surface area contributed by atoms with Crippen molar-refractivity contribution < 1.29 is 9.50 Å². The number of aliphatic hydroxyl groups excluding tert-OH is 1. The molecule has 0 saturated carbocycles. The first-order valence-electron chi connectivity index (χ1n) is 4.41. The maximum absolute atomic E-state index is 12.7. The van der Waals surface area contributed by atoms with Crippen molar-refractivity contribution in [3.05, 3.63) is 34.1 Å². The molecule has 0 aliphatic heterocycles. The van der Waals surface area contributed by atoms with E-state index in [9.17, 15) is 4.39 Å². The Labute approximate surface area is 91.3 Å². The minimum absolute atomic E-state index is 0.0481. The van der Waals surface area contributed by atoms with E-state index in [4.69, 9.17) is 5.11 Å². The van der Waals surface area contributed by atoms with Gasteiger partial charge in [0.1, 0.15) is 5.82 Å². The number of nitrogens with one attached hydrogen (secondary N) is 1. The number of hydrogen-bond donors (Lipinski definition) is 2. The van der Waals surface area contributed by atoms with Crippen molar-refractivity contribution in [2.24, 2.45) is 0 Å². The first kappa shape index (κ1) is 11.6. The quantitative estimate of drug-likeness (QED) is 0.870. The average molecular weight is 262 g/mol. The van der Waals surface area contributed by atoms with E-state index in [1.165, 1.54) is 12.1 Å². The molecule has 0 radical (unpaired) electrons. The summed E-state index contributed by atoms with van der Waals surface area (Å²) in [7, 11) is 0. The topological polar surface area (TPSA) is 32.3 Å². The highest BCUT2D eigenvalue weighted by atomic mass is 79.9. The van der Waals surface area contributed by atoms with Gasteiger partial charge in [-0.15, -0.1) is 0 Å². The fourth-order valence-electron chi connectivity index (χ4n) is 1.01. The van der Waals surface area contributed by atoms with Crippen LogP contribution in [0.2, 0.25) is 0 Å². The second-order valence-electron chi connectivity index (χ2n) is 3.20. The highest BCUT2D eigenvalue weighted by molar-refractivity contribution is 9.10. The monoisotopic (exact) mass is 261 g/mol. The first-order valence-corrected chi connectivity index (χ1v) is 5.21. The van der Waals surface area contributed by atoms with Gasteiger partial charge in [-0.2, -0.15) is 0 Å². The number of aliphatic hydroxyl groups is 1. The molecular weight excluding hydrogens is 249 g/mol. The van der Waals surface area contributed by atoms with E-state index in [0.717, 1.165) is 10.0 Å². The maximum atomic E-state index is 12.7. The van der Waals surface area contributed by atoms with Crippen LogP contribution in [-0.2, 0) is 6.54 Å². The lowest BCUT2D eigenvalue weighted by Crippen LogP contribution is -2.28. The third kappa shape index (κ3) is 3.36. The van der Waals surface area contributed by atoms with Crippen molar-refractivity contribution in [2.45, 2.75) is 19.5 Å². The third-order valence-electron chi connectivity index (χ3n) is 1.93. The molecule has 0 aliphatic carbocycles. The molecule has 0 fully saturated rings. The molecule has 0 saturated heterocycles. The van der Waals surface area contributed by atoms with Crippen molar-refractivity contribution in [1.82, 2.24) is 5.32 Å². The summed E-state index contributed by atoms with van der Waals surface area (Å²) in [5, 5.41) is 11.9. The summed E-state index contributed by atoms with van der Waals surface area (Å²) in [4.78, 5) is 0. The molecular formula is C10H13BrFNO.